The molecule has 1 heterocycles. The summed E-state index contributed by atoms with van der Waals surface area (Å²) in [6.45, 7) is 3.40. The molecule has 19 heavy (non-hydrogen) atoms. The van der Waals surface area contributed by atoms with Crippen molar-refractivity contribution in [2.75, 3.05) is 13.1 Å². The van der Waals surface area contributed by atoms with Gasteiger partial charge in [-0.3, -0.25) is 9.59 Å². The first-order valence-corrected chi connectivity index (χ1v) is 7.09. The van der Waals surface area contributed by atoms with E-state index in [2.05, 4.69) is 0 Å². The first-order chi connectivity index (χ1) is 9.22. The number of hydrogen-bond acceptors (Lipinski definition) is 2. The maximum Gasteiger partial charge on any atom is 0.222 e. The van der Waals surface area contributed by atoms with E-state index in [0.29, 0.717) is 13.0 Å². The van der Waals surface area contributed by atoms with Crippen molar-refractivity contribution in [2.45, 2.75) is 32.6 Å². The minimum atomic E-state index is -0.0306. The van der Waals surface area contributed by atoms with Crippen LogP contribution in [0.3, 0.4) is 0 Å². The standard InChI is InChI=1S/C16H21NO2/c1-2-7-15(18)17-11-6-10-14(12-17)16(19)13-8-4-3-5-9-13/h3-5,8-9,14H,2,6-7,10-12H2,1H3. The average Bonchev–Trinajstić information content (AvgIpc) is 2.48. The first kappa shape index (κ1) is 13.8. The van der Waals surface area contributed by atoms with E-state index < -0.39 is 0 Å². The summed E-state index contributed by atoms with van der Waals surface area (Å²) in [6, 6.07) is 9.39. The summed E-state index contributed by atoms with van der Waals surface area (Å²) >= 11 is 0. The Bertz CT molecular complexity index is 441. The van der Waals surface area contributed by atoms with Crippen LogP contribution < -0.4 is 0 Å². The van der Waals surface area contributed by atoms with Crippen LogP contribution in [0.25, 0.3) is 0 Å². The molecule has 0 spiro atoms. The molecule has 0 radical (unpaired) electrons. The van der Waals surface area contributed by atoms with Crippen LogP contribution in [0, 0.1) is 5.92 Å². The van der Waals surface area contributed by atoms with Crippen molar-refractivity contribution in [2.24, 2.45) is 5.92 Å². The van der Waals surface area contributed by atoms with Gasteiger partial charge in [-0.25, -0.2) is 0 Å². The molecular weight excluding hydrogens is 238 g/mol. The summed E-state index contributed by atoms with van der Waals surface area (Å²) in [5.41, 5.74) is 0.761. The van der Waals surface area contributed by atoms with E-state index in [1.807, 2.05) is 42.2 Å². The fourth-order valence-electron chi connectivity index (χ4n) is 2.63. The Morgan fingerprint density at radius 1 is 1.26 bits per heavy atom. The Morgan fingerprint density at radius 3 is 2.68 bits per heavy atom. The molecule has 0 aromatic heterocycles. The lowest BCUT2D eigenvalue weighted by Crippen LogP contribution is -2.42. The second kappa shape index (κ2) is 6.50. The summed E-state index contributed by atoms with van der Waals surface area (Å²) in [7, 11) is 0. The molecule has 3 nitrogen and oxygen atoms in total. The number of nitrogens with zero attached hydrogens (tertiary/aromatic N) is 1. The van der Waals surface area contributed by atoms with Crippen LogP contribution >= 0.6 is 0 Å². The van der Waals surface area contributed by atoms with Gasteiger partial charge < -0.3 is 4.90 Å². The number of amides is 1. The topological polar surface area (TPSA) is 37.4 Å². The molecular formula is C16H21NO2. The lowest BCUT2D eigenvalue weighted by atomic mass is 9.90. The van der Waals surface area contributed by atoms with Gasteiger partial charge in [-0.1, -0.05) is 37.3 Å². The van der Waals surface area contributed by atoms with E-state index >= 15 is 0 Å². The van der Waals surface area contributed by atoms with E-state index in [9.17, 15) is 9.59 Å². The van der Waals surface area contributed by atoms with Crippen molar-refractivity contribution >= 4 is 11.7 Å². The molecule has 1 unspecified atom stereocenters. The number of benzene rings is 1. The minimum absolute atomic E-state index is 0.0306. The molecule has 0 aliphatic carbocycles. The molecule has 1 saturated heterocycles. The summed E-state index contributed by atoms with van der Waals surface area (Å²) < 4.78 is 0. The van der Waals surface area contributed by atoms with Crippen LogP contribution in [-0.4, -0.2) is 29.7 Å². The van der Waals surface area contributed by atoms with E-state index in [4.69, 9.17) is 0 Å². The van der Waals surface area contributed by atoms with Gasteiger partial charge in [0.1, 0.15) is 0 Å². The largest absolute Gasteiger partial charge is 0.342 e. The van der Waals surface area contributed by atoms with E-state index in [1.165, 1.54) is 0 Å². The lowest BCUT2D eigenvalue weighted by molar-refractivity contribution is -0.132. The van der Waals surface area contributed by atoms with Crippen LogP contribution in [-0.2, 0) is 4.79 Å². The molecule has 0 saturated carbocycles. The molecule has 102 valence electrons. The van der Waals surface area contributed by atoms with Crippen molar-refractivity contribution in [3.8, 4) is 0 Å². The van der Waals surface area contributed by atoms with Crippen LogP contribution in [0.15, 0.2) is 30.3 Å². The molecule has 0 N–H and O–H groups in total. The second-order valence-electron chi connectivity index (χ2n) is 5.16. The Labute approximate surface area is 114 Å². The van der Waals surface area contributed by atoms with Crippen molar-refractivity contribution in [3.05, 3.63) is 35.9 Å². The van der Waals surface area contributed by atoms with Crippen molar-refractivity contribution in [1.82, 2.24) is 4.90 Å². The Morgan fingerprint density at radius 2 is 2.00 bits per heavy atom. The smallest absolute Gasteiger partial charge is 0.222 e. The number of carbonyl (C=O) groups excluding carboxylic acids is 2. The predicted octanol–water partition coefficient (Wildman–Crippen LogP) is 2.91. The maximum atomic E-state index is 12.4. The van der Waals surface area contributed by atoms with Gasteiger partial charge in [-0.05, 0) is 19.3 Å². The third kappa shape index (κ3) is 3.43. The molecule has 3 heteroatoms. The fraction of sp³-hybridized carbons (Fsp3) is 0.500. The third-order valence-corrected chi connectivity index (χ3v) is 3.67. The van der Waals surface area contributed by atoms with E-state index in [0.717, 1.165) is 31.4 Å². The quantitative estimate of drug-likeness (QED) is 0.780. The average molecular weight is 259 g/mol. The molecule has 1 atom stereocenters. The summed E-state index contributed by atoms with van der Waals surface area (Å²) in [5, 5.41) is 0. The highest BCUT2D eigenvalue weighted by Gasteiger charge is 2.28. The number of rotatable bonds is 4. The zero-order valence-corrected chi connectivity index (χ0v) is 11.5. The maximum absolute atomic E-state index is 12.4. The van der Waals surface area contributed by atoms with Crippen molar-refractivity contribution < 1.29 is 9.59 Å². The Balaban J connectivity index is 2.01. The normalized spacial score (nSPS) is 19.2. The van der Waals surface area contributed by atoms with Gasteiger partial charge in [0, 0.05) is 31.0 Å². The monoisotopic (exact) mass is 259 g/mol. The summed E-state index contributed by atoms with van der Waals surface area (Å²) in [6.07, 6.45) is 3.28. The van der Waals surface area contributed by atoms with Crippen molar-refractivity contribution in [3.63, 3.8) is 0 Å². The molecule has 1 amide bonds. The number of carbonyl (C=O) groups is 2. The van der Waals surface area contributed by atoms with Gasteiger partial charge in [0.2, 0.25) is 5.91 Å². The minimum Gasteiger partial charge on any atom is -0.342 e. The van der Waals surface area contributed by atoms with Gasteiger partial charge in [0.15, 0.2) is 5.78 Å². The SMILES string of the molecule is CCCC(=O)N1CCCC(C(=O)c2ccccc2)C1. The second-order valence-corrected chi connectivity index (χ2v) is 5.16. The number of hydrogen-bond donors (Lipinski definition) is 0. The van der Waals surface area contributed by atoms with E-state index in [-0.39, 0.29) is 17.6 Å². The molecule has 1 aliphatic rings. The summed E-state index contributed by atoms with van der Waals surface area (Å²) in [5.74, 6) is 0.333. The summed E-state index contributed by atoms with van der Waals surface area (Å²) in [4.78, 5) is 26.2. The van der Waals surface area contributed by atoms with Gasteiger partial charge in [0.05, 0.1) is 0 Å². The zero-order chi connectivity index (χ0) is 13.7. The highest BCUT2D eigenvalue weighted by Crippen LogP contribution is 2.21. The van der Waals surface area contributed by atoms with Crippen LogP contribution in [0.2, 0.25) is 0 Å². The van der Waals surface area contributed by atoms with Gasteiger partial charge >= 0.3 is 0 Å². The number of likely N-dealkylation sites (tertiary alicyclic amines) is 1. The zero-order valence-electron chi connectivity index (χ0n) is 11.5. The van der Waals surface area contributed by atoms with Gasteiger partial charge in [-0.2, -0.15) is 0 Å². The van der Waals surface area contributed by atoms with E-state index in [1.54, 1.807) is 0 Å². The number of ketones is 1. The molecule has 1 fully saturated rings. The highest BCUT2D eigenvalue weighted by atomic mass is 16.2. The molecule has 2 rings (SSSR count). The molecule has 0 bridgehead atoms. The fourth-order valence-corrected chi connectivity index (χ4v) is 2.63. The Hall–Kier alpha value is -1.64. The van der Waals surface area contributed by atoms with Crippen LogP contribution in [0.1, 0.15) is 43.0 Å². The lowest BCUT2D eigenvalue weighted by Gasteiger charge is -2.32. The van der Waals surface area contributed by atoms with Crippen molar-refractivity contribution in [1.29, 1.82) is 0 Å². The number of piperidine rings is 1. The Kier molecular flexibility index (Phi) is 4.72. The highest BCUT2D eigenvalue weighted by molar-refractivity contribution is 5.98. The first-order valence-electron chi connectivity index (χ1n) is 7.09. The molecule has 1 aromatic rings. The van der Waals surface area contributed by atoms with Gasteiger partial charge in [-0.15, -0.1) is 0 Å². The molecule has 1 aromatic carbocycles. The third-order valence-electron chi connectivity index (χ3n) is 3.67. The van der Waals surface area contributed by atoms with Crippen LogP contribution in [0.5, 0.6) is 0 Å². The molecule has 1 aliphatic heterocycles. The van der Waals surface area contributed by atoms with Gasteiger partial charge in [0.25, 0.3) is 0 Å². The predicted molar refractivity (Wildman–Crippen MR) is 75.0 cm³/mol. The van der Waals surface area contributed by atoms with Crippen LogP contribution in [0.4, 0.5) is 0 Å². The number of Topliss-reactive ketones (excluding diaryl/α,β-unsaturated/α-hetero) is 1.